The van der Waals surface area contributed by atoms with Crippen LogP contribution in [0.3, 0.4) is 0 Å². The molecule has 4 unspecified atom stereocenters. The molecule has 2 heteroatoms. The van der Waals surface area contributed by atoms with E-state index in [1.54, 1.807) is 0 Å². The lowest BCUT2D eigenvalue weighted by atomic mass is 9.82. The lowest BCUT2D eigenvalue weighted by molar-refractivity contribution is 0.266. The molecule has 2 fully saturated rings. The van der Waals surface area contributed by atoms with Crippen LogP contribution in [0.4, 0.5) is 0 Å². The van der Waals surface area contributed by atoms with E-state index in [2.05, 4.69) is 12.2 Å². The van der Waals surface area contributed by atoms with Crippen LogP contribution >= 0.6 is 0 Å². The normalized spacial score (nSPS) is 42.0. The smallest absolute Gasteiger partial charge is 0.00824 e. The number of hydrogen-bond acceptors (Lipinski definition) is 2. The van der Waals surface area contributed by atoms with Crippen molar-refractivity contribution < 1.29 is 0 Å². The first-order valence-corrected chi connectivity index (χ1v) is 6.73. The standard InChI is InChI=1S/C13H26N2/c1-10-3-2-4-11(7-10)9-15-13-6-5-12(14)8-13/h10-13,15H,2-9,14H2,1H3. The molecule has 2 aliphatic rings. The second kappa shape index (κ2) is 5.31. The van der Waals surface area contributed by atoms with E-state index in [-0.39, 0.29) is 0 Å². The third-order valence-corrected chi connectivity index (χ3v) is 4.21. The Hall–Kier alpha value is -0.0800. The molecule has 2 aliphatic carbocycles. The molecule has 0 aromatic carbocycles. The summed E-state index contributed by atoms with van der Waals surface area (Å²) < 4.78 is 0. The summed E-state index contributed by atoms with van der Waals surface area (Å²) in [6.45, 7) is 3.64. The molecule has 4 atom stereocenters. The molecule has 0 amide bonds. The molecule has 3 N–H and O–H groups in total. The van der Waals surface area contributed by atoms with Gasteiger partial charge in [0.25, 0.3) is 0 Å². The zero-order chi connectivity index (χ0) is 10.7. The highest BCUT2D eigenvalue weighted by Crippen LogP contribution is 2.28. The van der Waals surface area contributed by atoms with Gasteiger partial charge in [-0.3, -0.25) is 0 Å². The van der Waals surface area contributed by atoms with Crippen LogP contribution in [0.25, 0.3) is 0 Å². The molecule has 0 saturated heterocycles. The summed E-state index contributed by atoms with van der Waals surface area (Å²) in [5.41, 5.74) is 5.92. The van der Waals surface area contributed by atoms with Gasteiger partial charge < -0.3 is 11.1 Å². The molecule has 15 heavy (non-hydrogen) atoms. The van der Waals surface area contributed by atoms with E-state index in [4.69, 9.17) is 5.73 Å². The van der Waals surface area contributed by atoms with Gasteiger partial charge >= 0.3 is 0 Å². The Balaban J connectivity index is 1.64. The maximum Gasteiger partial charge on any atom is 0.00824 e. The molecule has 0 aromatic rings. The summed E-state index contributed by atoms with van der Waals surface area (Å²) in [7, 11) is 0. The molecule has 2 saturated carbocycles. The second-order valence-electron chi connectivity index (χ2n) is 5.82. The molecule has 88 valence electrons. The molecule has 2 rings (SSSR count). The van der Waals surface area contributed by atoms with Crippen LogP contribution in [0.15, 0.2) is 0 Å². The van der Waals surface area contributed by atoms with Crippen molar-refractivity contribution in [3.05, 3.63) is 0 Å². The van der Waals surface area contributed by atoms with Gasteiger partial charge in [0.2, 0.25) is 0 Å². The zero-order valence-electron chi connectivity index (χ0n) is 10.0. The van der Waals surface area contributed by atoms with E-state index >= 15 is 0 Å². The minimum absolute atomic E-state index is 0.466. The van der Waals surface area contributed by atoms with E-state index in [1.807, 2.05) is 0 Å². The first-order valence-electron chi connectivity index (χ1n) is 6.73. The highest BCUT2D eigenvalue weighted by molar-refractivity contribution is 4.84. The molecule has 0 heterocycles. The summed E-state index contributed by atoms with van der Waals surface area (Å²) in [5.74, 6) is 1.89. The monoisotopic (exact) mass is 210 g/mol. The van der Waals surface area contributed by atoms with Crippen LogP contribution in [0, 0.1) is 11.8 Å². The molecule has 2 nitrogen and oxygen atoms in total. The van der Waals surface area contributed by atoms with Crippen LogP contribution in [0.5, 0.6) is 0 Å². The molecular formula is C13H26N2. The first kappa shape index (κ1) is 11.4. The Bertz CT molecular complexity index is 193. The summed E-state index contributed by atoms with van der Waals surface area (Å²) in [5, 5.41) is 3.72. The lowest BCUT2D eigenvalue weighted by Crippen LogP contribution is -2.34. The van der Waals surface area contributed by atoms with Crippen LogP contribution in [0.2, 0.25) is 0 Å². The highest BCUT2D eigenvalue weighted by atomic mass is 14.9. The van der Waals surface area contributed by atoms with Crippen LogP contribution < -0.4 is 11.1 Å². The Morgan fingerprint density at radius 3 is 2.67 bits per heavy atom. The van der Waals surface area contributed by atoms with Crippen molar-refractivity contribution in [1.29, 1.82) is 0 Å². The summed E-state index contributed by atoms with van der Waals surface area (Å²) >= 11 is 0. The lowest BCUT2D eigenvalue weighted by Gasteiger charge is -2.28. The minimum Gasteiger partial charge on any atom is -0.328 e. The van der Waals surface area contributed by atoms with Gasteiger partial charge in [-0.1, -0.05) is 19.8 Å². The third-order valence-electron chi connectivity index (χ3n) is 4.21. The van der Waals surface area contributed by atoms with Crippen LogP contribution in [-0.4, -0.2) is 18.6 Å². The summed E-state index contributed by atoms with van der Waals surface area (Å²) in [4.78, 5) is 0. The predicted octanol–water partition coefficient (Wildman–Crippen LogP) is 2.28. The van der Waals surface area contributed by atoms with Crippen LogP contribution in [-0.2, 0) is 0 Å². The van der Waals surface area contributed by atoms with Crippen molar-refractivity contribution >= 4 is 0 Å². The predicted molar refractivity (Wildman–Crippen MR) is 64.7 cm³/mol. The van der Waals surface area contributed by atoms with Crippen molar-refractivity contribution in [3.63, 3.8) is 0 Å². The van der Waals surface area contributed by atoms with Gasteiger partial charge in [0, 0.05) is 12.1 Å². The average molecular weight is 210 g/mol. The molecule has 0 aliphatic heterocycles. The molecule has 0 aromatic heterocycles. The second-order valence-corrected chi connectivity index (χ2v) is 5.82. The van der Waals surface area contributed by atoms with Gasteiger partial charge in [-0.2, -0.15) is 0 Å². The largest absolute Gasteiger partial charge is 0.328 e. The van der Waals surface area contributed by atoms with Crippen molar-refractivity contribution in [3.8, 4) is 0 Å². The Morgan fingerprint density at radius 2 is 2.00 bits per heavy atom. The van der Waals surface area contributed by atoms with Gasteiger partial charge in [-0.25, -0.2) is 0 Å². The molecule has 0 spiro atoms. The number of rotatable bonds is 3. The first-order chi connectivity index (χ1) is 7.24. The van der Waals surface area contributed by atoms with Gasteiger partial charge in [0.1, 0.15) is 0 Å². The zero-order valence-corrected chi connectivity index (χ0v) is 10.0. The number of nitrogens with one attached hydrogen (secondary N) is 1. The SMILES string of the molecule is CC1CCCC(CNC2CCC(N)C2)C1. The fourth-order valence-electron chi connectivity index (χ4n) is 3.28. The minimum atomic E-state index is 0.466. The van der Waals surface area contributed by atoms with Crippen molar-refractivity contribution in [2.75, 3.05) is 6.54 Å². The van der Waals surface area contributed by atoms with E-state index < -0.39 is 0 Å². The summed E-state index contributed by atoms with van der Waals surface area (Å²) in [6, 6.07) is 1.19. The van der Waals surface area contributed by atoms with Gasteiger partial charge in [-0.15, -0.1) is 0 Å². The van der Waals surface area contributed by atoms with Crippen molar-refractivity contribution in [2.45, 2.75) is 64.0 Å². The topological polar surface area (TPSA) is 38.0 Å². The van der Waals surface area contributed by atoms with Crippen LogP contribution in [0.1, 0.15) is 51.9 Å². The Labute approximate surface area is 94.0 Å². The molecule has 0 radical (unpaired) electrons. The van der Waals surface area contributed by atoms with E-state index in [0.29, 0.717) is 6.04 Å². The third kappa shape index (κ3) is 3.46. The summed E-state index contributed by atoms with van der Waals surface area (Å²) in [6.07, 6.45) is 9.48. The maximum atomic E-state index is 5.92. The van der Waals surface area contributed by atoms with E-state index in [1.165, 1.54) is 51.5 Å². The number of nitrogens with two attached hydrogens (primary N) is 1. The quantitative estimate of drug-likeness (QED) is 0.750. The Morgan fingerprint density at radius 1 is 1.13 bits per heavy atom. The maximum absolute atomic E-state index is 5.92. The molecular weight excluding hydrogens is 184 g/mol. The van der Waals surface area contributed by atoms with Gasteiger partial charge in [0.05, 0.1) is 0 Å². The van der Waals surface area contributed by atoms with Gasteiger partial charge in [0.15, 0.2) is 0 Å². The van der Waals surface area contributed by atoms with Crippen molar-refractivity contribution in [1.82, 2.24) is 5.32 Å². The highest BCUT2D eigenvalue weighted by Gasteiger charge is 2.23. The van der Waals surface area contributed by atoms with Gasteiger partial charge in [-0.05, 0) is 50.5 Å². The van der Waals surface area contributed by atoms with E-state index in [0.717, 1.165) is 17.9 Å². The van der Waals surface area contributed by atoms with E-state index in [9.17, 15) is 0 Å². The fourth-order valence-corrected chi connectivity index (χ4v) is 3.28. The average Bonchev–Trinajstić information content (AvgIpc) is 2.62. The Kier molecular flexibility index (Phi) is 4.04. The van der Waals surface area contributed by atoms with Crippen molar-refractivity contribution in [2.24, 2.45) is 17.6 Å². The fraction of sp³-hybridized carbons (Fsp3) is 1.00. The number of hydrogen-bond donors (Lipinski definition) is 2. The molecule has 0 bridgehead atoms.